The molecule has 0 bridgehead atoms. The summed E-state index contributed by atoms with van der Waals surface area (Å²) in [7, 11) is 0. The van der Waals surface area contributed by atoms with E-state index in [1.54, 1.807) is 0 Å². The number of para-hydroxylation sites is 1. The monoisotopic (exact) mass is 325 g/mol. The van der Waals surface area contributed by atoms with Crippen molar-refractivity contribution in [2.75, 3.05) is 56.2 Å². The van der Waals surface area contributed by atoms with Gasteiger partial charge in [0.05, 0.1) is 13.2 Å². The lowest BCUT2D eigenvalue weighted by Gasteiger charge is -2.26. The molecule has 0 unspecified atom stereocenters. The van der Waals surface area contributed by atoms with Crippen molar-refractivity contribution >= 4 is 17.5 Å². The van der Waals surface area contributed by atoms with Crippen molar-refractivity contribution in [1.29, 1.82) is 0 Å². The van der Waals surface area contributed by atoms with Crippen molar-refractivity contribution in [2.45, 2.75) is 6.42 Å². The fraction of sp³-hybridized carbons (Fsp3) is 0.444. The van der Waals surface area contributed by atoms with Crippen LogP contribution in [-0.4, -0.2) is 60.8 Å². The molecule has 2 aliphatic rings. The average Bonchev–Trinajstić information content (AvgIpc) is 3.07. The fourth-order valence-electron chi connectivity index (χ4n) is 3.29. The van der Waals surface area contributed by atoms with Crippen LogP contribution in [0.15, 0.2) is 36.5 Å². The molecule has 24 heavy (non-hydrogen) atoms. The second kappa shape index (κ2) is 7.15. The first-order valence-corrected chi connectivity index (χ1v) is 8.62. The van der Waals surface area contributed by atoms with Gasteiger partial charge in [0.2, 0.25) is 5.95 Å². The minimum Gasteiger partial charge on any atom is -0.379 e. The van der Waals surface area contributed by atoms with Crippen LogP contribution >= 0.6 is 0 Å². The molecule has 0 atom stereocenters. The number of nitrogens with zero attached hydrogens (tertiary/aromatic N) is 4. The van der Waals surface area contributed by atoms with Crippen LogP contribution in [0.2, 0.25) is 0 Å². The van der Waals surface area contributed by atoms with Gasteiger partial charge >= 0.3 is 0 Å². The molecule has 1 aromatic heterocycles. The van der Waals surface area contributed by atoms with E-state index >= 15 is 0 Å². The minimum atomic E-state index is 0.774. The highest BCUT2D eigenvalue weighted by Crippen LogP contribution is 2.32. The number of hydrogen-bond donors (Lipinski definition) is 1. The predicted octanol–water partition coefficient (Wildman–Crippen LogP) is 1.91. The van der Waals surface area contributed by atoms with Crippen molar-refractivity contribution < 1.29 is 4.74 Å². The second-order valence-corrected chi connectivity index (χ2v) is 6.15. The van der Waals surface area contributed by atoms with E-state index < -0.39 is 0 Å². The summed E-state index contributed by atoms with van der Waals surface area (Å²) in [4.78, 5) is 13.8. The number of benzene rings is 1. The van der Waals surface area contributed by atoms with Crippen molar-refractivity contribution in [2.24, 2.45) is 0 Å². The molecule has 2 aromatic rings. The number of aromatic nitrogens is 2. The Hall–Kier alpha value is -2.18. The zero-order chi connectivity index (χ0) is 16.2. The first kappa shape index (κ1) is 15.4. The molecule has 2 aliphatic heterocycles. The Morgan fingerprint density at radius 2 is 1.96 bits per heavy atom. The van der Waals surface area contributed by atoms with Gasteiger partial charge in [0.25, 0.3) is 0 Å². The summed E-state index contributed by atoms with van der Waals surface area (Å²) in [5.74, 6) is 1.66. The van der Waals surface area contributed by atoms with Crippen LogP contribution in [0.3, 0.4) is 0 Å². The van der Waals surface area contributed by atoms with E-state index in [0.717, 1.165) is 64.1 Å². The number of hydrogen-bond acceptors (Lipinski definition) is 6. The van der Waals surface area contributed by atoms with Crippen LogP contribution in [0.4, 0.5) is 17.5 Å². The number of morpholine rings is 1. The second-order valence-electron chi connectivity index (χ2n) is 6.15. The Kier molecular flexibility index (Phi) is 4.57. The average molecular weight is 325 g/mol. The molecule has 3 heterocycles. The van der Waals surface area contributed by atoms with E-state index in [-0.39, 0.29) is 0 Å². The van der Waals surface area contributed by atoms with E-state index in [2.05, 4.69) is 44.4 Å². The van der Waals surface area contributed by atoms with Gasteiger partial charge in [0, 0.05) is 44.6 Å². The Bertz CT molecular complexity index is 687. The molecule has 0 spiro atoms. The van der Waals surface area contributed by atoms with Crippen LogP contribution in [-0.2, 0) is 11.2 Å². The Balaban J connectivity index is 1.39. The quantitative estimate of drug-likeness (QED) is 0.906. The molecule has 6 nitrogen and oxygen atoms in total. The molecule has 0 radical (unpaired) electrons. The largest absolute Gasteiger partial charge is 0.379 e. The summed E-state index contributed by atoms with van der Waals surface area (Å²) in [5.41, 5.74) is 2.59. The first-order chi connectivity index (χ1) is 11.9. The molecule has 1 N–H and O–H groups in total. The Morgan fingerprint density at radius 3 is 2.88 bits per heavy atom. The molecule has 0 aliphatic carbocycles. The van der Waals surface area contributed by atoms with Crippen LogP contribution in [0, 0.1) is 0 Å². The maximum absolute atomic E-state index is 5.38. The van der Waals surface area contributed by atoms with Gasteiger partial charge in [0.15, 0.2) is 0 Å². The number of rotatable bonds is 5. The lowest BCUT2D eigenvalue weighted by atomic mass is 10.2. The van der Waals surface area contributed by atoms with Gasteiger partial charge in [0.1, 0.15) is 5.82 Å². The third-order valence-electron chi connectivity index (χ3n) is 4.61. The zero-order valence-corrected chi connectivity index (χ0v) is 13.8. The van der Waals surface area contributed by atoms with Gasteiger partial charge < -0.3 is 15.0 Å². The Morgan fingerprint density at radius 1 is 1.08 bits per heavy atom. The maximum atomic E-state index is 5.38. The van der Waals surface area contributed by atoms with Crippen molar-refractivity contribution in [1.82, 2.24) is 14.9 Å². The molecule has 4 rings (SSSR count). The summed E-state index contributed by atoms with van der Waals surface area (Å²) < 4.78 is 5.38. The molecule has 6 heteroatoms. The van der Waals surface area contributed by atoms with Crippen molar-refractivity contribution in [3.8, 4) is 0 Å². The molecule has 1 fully saturated rings. The zero-order valence-electron chi connectivity index (χ0n) is 13.8. The molecule has 1 saturated heterocycles. The van der Waals surface area contributed by atoms with E-state index in [1.807, 2.05) is 12.3 Å². The molecule has 0 amide bonds. The molecular weight excluding hydrogens is 302 g/mol. The molecule has 0 saturated carbocycles. The highest BCUT2D eigenvalue weighted by Gasteiger charge is 2.21. The van der Waals surface area contributed by atoms with Crippen molar-refractivity contribution in [3.05, 3.63) is 42.1 Å². The smallest absolute Gasteiger partial charge is 0.231 e. The summed E-state index contributed by atoms with van der Waals surface area (Å²) >= 11 is 0. The van der Waals surface area contributed by atoms with Crippen LogP contribution in [0.1, 0.15) is 5.56 Å². The van der Waals surface area contributed by atoms with Gasteiger partial charge in [-0.2, -0.15) is 4.98 Å². The molecule has 1 aromatic carbocycles. The van der Waals surface area contributed by atoms with E-state index in [0.29, 0.717) is 0 Å². The lowest BCUT2D eigenvalue weighted by molar-refractivity contribution is 0.0398. The molecular formula is C18H23N5O. The highest BCUT2D eigenvalue weighted by atomic mass is 16.5. The van der Waals surface area contributed by atoms with Gasteiger partial charge in [-0.15, -0.1) is 0 Å². The van der Waals surface area contributed by atoms with Gasteiger partial charge in [-0.1, -0.05) is 18.2 Å². The minimum absolute atomic E-state index is 0.774. The topological polar surface area (TPSA) is 53.5 Å². The molecule has 126 valence electrons. The number of nitrogens with one attached hydrogen (secondary N) is 1. The van der Waals surface area contributed by atoms with E-state index in [1.165, 1.54) is 11.3 Å². The van der Waals surface area contributed by atoms with Gasteiger partial charge in [-0.3, -0.25) is 4.90 Å². The van der Waals surface area contributed by atoms with Gasteiger partial charge in [-0.25, -0.2) is 4.98 Å². The maximum Gasteiger partial charge on any atom is 0.231 e. The number of anilines is 3. The first-order valence-electron chi connectivity index (χ1n) is 8.62. The normalized spacial score (nSPS) is 17.8. The Labute approximate surface area is 142 Å². The number of fused-ring (bicyclic) bond motifs is 1. The van der Waals surface area contributed by atoms with E-state index in [4.69, 9.17) is 9.72 Å². The summed E-state index contributed by atoms with van der Waals surface area (Å²) in [5, 5.41) is 3.42. The van der Waals surface area contributed by atoms with Crippen molar-refractivity contribution in [3.63, 3.8) is 0 Å². The highest BCUT2D eigenvalue weighted by molar-refractivity contribution is 5.66. The van der Waals surface area contributed by atoms with Crippen LogP contribution in [0.25, 0.3) is 0 Å². The van der Waals surface area contributed by atoms with Gasteiger partial charge in [-0.05, 0) is 24.1 Å². The SMILES string of the molecule is c1ccc2c(c1)CCN2c1nccc(NCCN2CCOCC2)n1. The fourth-order valence-corrected chi connectivity index (χ4v) is 3.29. The number of ether oxygens (including phenoxy) is 1. The van der Waals surface area contributed by atoms with E-state index in [9.17, 15) is 0 Å². The summed E-state index contributed by atoms with van der Waals surface area (Å²) in [6.07, 6.45) is 2.88. The third-order valence-corrected chi connectivity index (χ3v) is 4.61. The summed E-state index contributed by atoms with van der Waals surface area (Å²) in [6, 6.07) is 10.4. The standard InChI is InChI=1S/C18H23N5O/c1-2-4-16-15(3-1)6-9-23(16)18-20-7-5-17(21-18)19-8-10-22-11-13-24-14-12-22/h1-5,7H,6,8-14H2,(H,19,20,21). The van der Waals surface area contributed by atoms with Crippen LogP contribution in [0.5, 0.6) is 0 Å². The van der Waals surface area contributed by atoms with Crippen LogP contribution < -0.4 is 10.2 Å². The lowest BCUT2D eigenvalue weighted by Crippen LogP contribution is -2.39. The third kappa shape index (κ3) is 3.34. The summed E-state index contributed by atoms with van der Waals surface area (Å²) in [6.45, 7) is 6.54. The predicted molar refractivity (Wildman–Crippen MR) is 94.9 cm³/mol.